The molecule has 0 saturated carbocycles. The second-order valence-electron chi connectivity index (χ2n) is 8.04. The molecule has 0 bridgehead atoms. The van der Waals surface area contributed by atoms with Gasteiger partial charge in [0.25, 0.3) is 0 Å². The van der Waals surface area contributed by atoms with E-state index in [0.717, 1.165) is 12.8 Å². The second-order valence-corrected chi connectivity index (χ2v) is 8.04. The topological polar surface area (TPSA) is 61.8 Å². The van der Waals surface area contributed by atoms with Crippen LogP contribution in [0.4, 0.5) is 0 Å². The Balaban J connectivity index is 1.96. The van der Waals surface area contributed by atoms with Gasteiger partial charge in [0.1, 0.15) is 17.1 Å². The van der Waals surface area contributed by atoms with Crippen LogP contribution in [-0.2, 0) is 4.74 Å². The van der Waals surface area contributed by atoms with Gasteiger partial charge in [0.05, 0.1) is 25.4 Å². The van der Waals surface area contributed by atoms with E-state index in [2.05, 4.69) is 13.0 Å². The molecule has 0 saturated heterocycles. The average molecular weight is 368 g/mol. The highest BCUT2D eigenvalue weighted by Crippen LogP contribution is 2.51. The van der Waals surface area contributed by atoms with Gasteiger partial charge < -0.3 is 14.2 Å². The van der Waals surface area contributed by atoms with E-state index in [-0.39, 0.29) is 34.7 Å². The van der Waals surface area contributed by atoms with Crippen molar-refractivity contribution in [2.24, 2.45) is 11.8 Å². The van der Waals surface area contributed by atoms with Gasteiger partial charge in [0, 0.05) is 23.5 Å². The van der Waals surface area contributed by atoms with Crippen LogP contribution in [0.25, 0.3) is 0 Å². The first kappa shape index (κ1) is 17.8. The van der Waals surface area contributed by atoms with E-state index < -0.39 is 5.60 Å². The van der Waals surface area contributed by atoms with Crippen molar-refractivity contribution in [1.29, 1.82) is 0 Å². The highest BCUT2D eigenvalue weighted by atomic mass is 16.5. The van der Waals surface area contributed by atoms with Gasteiger partial charge in [0.15, 0.2) is 11.5 Å². The minimum atomic E-state index is -0.520. The summed E-state index contributed by atoms with van der Waals surface area (Å²) in [6.07, 6.45) is 4.06. The number of ether oxygens (including phenoxy) is 3. The average Bonchev–Trinajstić information content (AvgIpc) is 2.64. The normalized spacial score (nSPS) is 25.7. The molecule has 0 fully saturated rings. The van der Waals surface area contributed by atoms with Crippen molar-refractivity contribution in [2.45, 2.75) is 39.2 Å². The molecule has 1 aromatic carbocycles. The maximum atomic E-state index is 13.5. The largest absolute Gasteiger partial charge is 0.497 e. The first-order valence-corrected chi connectivity index (χ1v) is 9.24. The lowest BCUT2D eigenvalue weighted by atomic mass is 9.65. The summed E-state index contributed by atoms with van der Waals surface area (Å²) in [5.74, 6) is 0.571. The SMILES string of the molecule is COc1cc(OC)c2c(c1)C(=O)C1=C(OC(C)(C)C3CCC(C)=CC13)C2=O. The lowest BCUT2D eigenvalue weighted by Gasteiger charge is -2.47. The first-order valence-electron chi connectivity index (χ1n) is 9.24. The fourth-order valence-corrected chi connectivity index (χ4v) is 4.64. The van der Waals surface area contributed by atoms with E-state index >= 15 is 0 Å². The summed E-state index contributed by atoms with van der Waals surface area (Å²) in [5, 5.41) is 0. The Bertz CT molecular complexity index is 919. The fourth-order valence-electron chi connectivity index (χ4n) is 4.64. The van der Waals surface area contributed by atoms with Crippen molar-refractivity contribution in [3.63, 3.8) is 0 Å². The first-order chi connectivity index (χ1) is 12.8. The quantitative estimate of drug-likeness (QED) is 0.735. The maximum Gasteiger partial charge on any atom is 0.232 e. The van der Waals surface area contributed by atoms with Crippen LogP contribution in [-0.4, -0.2) is 31.4 Å². The third-order valence-corrected chi connectivity index (χ3v) is 6.04. The van der Waals surface area contributed by atoms with Gasteiger partial charge in [-0.05, 0) is 39.7 Å². The number of carbonyl (C=O) groups is 2. The Morgan fingerprint density at radius 1 is 1.11 bits per heavy atom. The van der Waals surface area contributed by atoms with Crippen LogP contribution in [0.2, 0.25) is 0 Å². The molecule has 0 radical (unpaired) electrons. The van der Waals surface area contributed by atoms with Crippen LogP contribution < -0.4 is 9.47 Å². The van der Waals surface area contributed by atoms with E-state index in [1.54, 1.807) is 12.1 Å². The predicted octanol–water partition coefficient (Wildman–Crippen LogP) is 4.12. The smallest absolute Gasteiger partial charge is 0.232 e. The lowest BCUT2D eigenvalue weighted by Crippen LogP contribution is -2.48. The molecular formula is C22H24O5. The molecule has 2 aliphatic carbocycles. The van der Waals surface area contributed by atoms with Crippen molar-refractivity contribution in [3.8, 4) is 11.5 Å². The number of ketones is 2. The summed E-state index contributed by atoms with van der Waals surface area (Å²) in [7, 11) is 3.00. The maximum absolute atomic E-state index is 13.5. The molecule has 1 aliphatic heterocycles. The highest BCUT2D eigenvalue weighted by Gasteiger charge is 2.51. The van der Waals surface area contributed by atoms with E-state index in [1.165, 1.54) is 19.8 Å². The van der Waals surface area contributed by atoms with Gasteiger partial charge in [0.2, 0.25) is 5.78 Å². The van der Waals surface area contributed by atoms with E-state index in [4.69, 9.17) is 14.2 Å². The summed E-state index contributed by atoms with van der Waals surface area (Å²) in [5.41, 5.74) is 1.79. The Kier molecular flexibility index (Phi) is 3.95. The zero-order chi connectivity index (χ0) is 19.5. The summed E-state index contributed by atoms with van der Waals surface area (Å²) in [6, 6.07) is 3.24. The van der Waals surface area contributed by atoms with Gasteiger partial charge in [-0.3, -0.25) is 9.59 Å². The Labute approximate surface area is 159 Å². The van der Waals surface area contributed by atoms with Crippen LogP contribution in [0.3, 0.4) is 0 Å². The molecule has 0 N–H and O–H groups in total. The molecule has 0 amide bonds. The summed E-state index contributed by atoms with van der Waals surface area (Å²) in [6.45, 7) is 6.08. The molecule has 4 rings (SSSR count). The molecular weight excluding hydrogens is 344 g/mol. The van der Waals surface area contributed by atoms with Crippen molar-refractivity contribution >= 4 is 11.6 Å². The van der Waals surface area contributed by atoms with Crippen molar-refractivity contribution in [3.05, 3.63) is 46.2 Å². The van der Waals surface area contributed by atoms with Crippen LogP contribution in [0, 0.1) is 11.8 Å². The molecule has 5 heteroatoms. The molecule has 5 nitrogen and oxygen atoms in total. The van der Waals surface area contributed by atoms with Crippen LogP contribution in [0.15, 0.2) is 35.1 Å². The molecule has 3 aliphatic rings. The Morgan fingerprint density at radius 2 is 1.85 bits per heavy atom. The second kappa shape index (κ2) is 5.98. The number of carbonyl (C=O) groups excluding carboxylic acids is 2. The van der Waals surface area contributed by atoms with Crippen molar-refractivity contribution < 1.29 is 23.8 Å². The Hall–Kier alpha value is -2.56. The third-order valence-electron chi connectivity index (χ3n) is 6.04. The van der Waals surface area contributed by atoms with Crippen LogP contribution in [0.5, 0.6) is 11.5 Å². The molecule has 0 spiro atoms. The van der Waals surface area contributed by atoms with Gasteiger partial charge in [-0.1, -0.05) is 11.6 Å². The van der Waals surface area contributed by atoms with Crippen molar-refractivity contribution in [1.82, 2.24) is 0 Å². The molecule has 0 aromatic heterocycles. The highest BCUT2D eigenvalue weighted by molar-refractivity contribution is 6.27. The summed E-state index contributed by atoms with van der Waals surface area (Å²) in [4.78, 5) is 26.8. The monoisotopic (exact) mass is 368 g/mol. The number of fused-ring (bicyclic) bond motifs is 3. The third kappa shape index (κ3) is 2.52. The van der Waals surface area contributed by atoms with Gasteiger partial charge in [-0.25, -0.2) is 0 Å². The van der Waals surface area contributed by atoms with Gasteiger partial charge in [-0.2, -0.15) is 0 Å². The van der Waals surface area contributed by atoms with Crippen LogP contribution in [0.1, 0.15) is 54.3 Å². The minimum absolute atomic E-state index is 0.112. The fraction of sp³-hybridized carbons (Fsp3) is 0.455. The molecule has 2 unspecified atom stereocenters. The zero-order valence-electron chi connectivity index (χ0n) is 16.3. The van der Waals surface area contributed by atoms with Crippen molar-refractivity contribution in [2.75, 3.05) is 14.2 Å². The number of allylic oxidation sites excluding steroid dienone is 4. The number of hydrogen-bond acceptors (Lipinski definition) is 5. The molecule has 142 valence electrons. The van der Waals surface area contributed by atoms with Gasteiger partial charge in [-0.15, -0.1) is 0 Å². The van der Waals surface area contributed by atoms with Crippen LogP contribution >= 0.6 is 0 Å². The number of benzene rings is 1. The van der Waals surface area contributed by atoms with E-state index in [1.807, 2.05) is 13.8 Å². The van der Waals surface area contributed by atoms with E-state index in [0.29, 0.717) is 22.6 Å². The Morgan fingerprint density at radius 3 is 2.52 bits per heavy atom. The standard InChI is InChI=1S/C22H24O5/c1-11-6-7-15-13(8-11)18-19(23)14-9-12(25-4)10-16(26-5)17(14)20(24)21(18)27-22(15,2)3/h8-10,13,15H,6-7H2,1-5H3. The van der Waals surface area contributed by atoms with E-state index in [9.17, 15) is 9.59 Å². The molecule has 1 aromatic rings. The number of methoxy groups -OCH3 is 2. The number of hydrogen-bond donors (Lipinski definition) is 0. The summed E-state index contributed by atoms with van der Waals surface area (Å²) >= 11 is 0. The lowest BCUT2D eigenvalue weighted by molar-refractivity contribution is -0.0493. The molecule has 27 heavy (non-hydrogen) atoms. The molecule has 1 heterocycles. The van der Waals surface area contributed by atoms with Gasteiger partial charge >= 0.3 is 0 Å². The predicted molar refractivity (Wildman–Crippen MR) is 100 cm³/mol. The summed E-state index contributed by atoms with van der Waals surface area (Å²) < 4.78 is 16.9. The molecule has 2 atom stereocenters. The number of Topliss-reactive ketones (excluding diaryl/α,β-unsaturated/α-hetero) is 2. The zero-order valence-corrected chi connectivity index (χ0v) is 16.3. The number of rotatable bonds is 2. The minimum Gasteiger partial charge on any atom is -0.497 e.